The fraction of sp³-hybridized carbons (Fsp3) is 0.660. The standard InChI is InChI=1S/C47H72N6O11/c1-11-30(4)43(51(8)41(58)28-48-46(60)42(29(2)3)50(7)37(54)20-16-13-17-25-52-38(55)23-24-39(52)56)36(63-9)27-40(57)53-31(5)21-22-35(53)44(64-10)32(6)45(59)49-34(47(61)62)26-33-18-14-12-15-19-33/h12,14-15,18-19,23-24,29-32,34-36,42-44H,11,13,16-17,20-22,25-28H2,1-10H3,(H,48,60)(H,49,59)(H,61,62)/t30-,31-,32+,34-,35-,36+,42-,43?,44?/m0/s1. The summed E-state index contributed by atoms with van der Waals surface area (Å²) in [6.07, 6.45) is 4.71. The summed E-state index contributed by atoms with van der Waals surface area (Å²) in [6.45, 7) is 11.1. The lowest BCUT2D eigenvalue weighted by Crippen LogP contribution is -2.56. The summed E-state index contributed by atoms with van der Waals surface area (Å²) >= 11 is 0. The Morgan fingerprint density at radius 3 is 2.06 bits per heavy atom. The van der Waals surface area contributed by atoms with Crippen molar-refractivity contribution < 1.29 is 52.9 Å². The van der Waals surface area contributed by atoms with Crippen molar-refractivity contribution >= 4 is 47.3 Å². The Labute approximate surface area is 378 Å². The second kappa shape index (κ2) is 25.4. The third-order valence-corrected chi connectivity index (χ3v) is 12.9. The average molecular weight is 897 g/mol. The molecule has 356 valence electrons. The number of hydrogen-bond donors (Lipinski definition) is 3. The van der Waals surface area contributed by atoms with Gasteiger partial charge in [0, 0.05) is 65.9 Å². The average Bonchev–Trinajstić information content (AvgIpc) is 3.81. The van der Waals surface area contributed by atoms with E-state index in [4.69, 9.17) is 9.47 Å². The van der Waals surface area contributed by atoms with Crippen molar-refractivity contribution in [2.24, 2.45) is 17.8 Å². The smallest absolute Gasteiger partial charge is 0.326 e. The Balaban J connectivity index is 1.65. The van der Waals surface area contributed by atoms with Crippen molar-refractivity contribution in [3.63, 3.8) is 0 Å². The van der Waals surface area contributed by atoms with Gasteiger partial charge in [-0.1, -0.05) is 77.8 Å². The number of rotatable bonds is 26. The number of nitrogens with zero attached hydrogens (tertiary/aromatic N) is 4. The van der Waals surface area contributed by atoms with Crippen molar-refractivity contribution in [3.8, 4) is 0 Å². The first kappa shape index (κ1) is 53.2. The first-order valence-corrected chi connectivity index (χ1v) is 22.6. The van der Waals surface area contributed by atoms with Crippen LogP contribution in [0.5, 0.6) is 0 Å². The van der Waals surface area contributed by atoms with Crippen molar-refractivity contribution in [1.29, 1.82) is 0 Å². The molecule has 17 heteroatoms. The van der Waals surface area contributed by atoms with Crippen LogP contribution >= 0.6 is 0 Å². The highest BCUT2D eigenvalue weighted by Gasteiger charge is 2.45. The van der Waals surface area contributed by atoms with Gasteiger partial charge in [0.25, 0.3) is 11.8 Å². The van der Waals surface area contributed by atoms with Gasteiger partial charge in [0.15, 0.2) is 0 Å². The number of methoxy groups -OCH3 is 2. The molecule has 1 aromatic carbocycles. The van der Waals surface area contributed by atoms with E-state index in [0.717, 1.165) is 10.5 Å². The van der Waals surface area contributed by atoms with Gasteiger partial charge in [0.1, 0.15) is 12.1 Å². The van der Waals surface area contributed by atoms with Crippen LogP contribution in [0.2, 0.25) is 0 Å². The molecule has 0 saturated carbocycles. The second-order valence-corrected chi connectivity index (χ2v) is 17.6. The molecular weight excluding hydrogens is 825 g/mol. The maximum atomic E-state index is 14.4. The number of likely N-dealkylation sites (tertiary alicyclic amines) is 1. The van der Waals surface area contributed by atoms with Gasteiger partial charge in [-0.2, -0.15) is 0 Å². The van der Waals surface area contributed by atoms with Crippen LogP contribution in [0.15, 0.2) is 42.5 Å². The predicted molar refractivity (Wildman–Crippen MR) is 239 cm³/mol. The van der Waals surface area contributed by atoms with Gasteiger partial charge in [-0.25, -0.2) is 4.79 Å². The molecule has 7 amide bonds. The van der Waals surface area contributed by atoms with Gasteiger partial charge in [0.2, 0.25) is 29.5 Å². The maximum absolute atomic E-state index is 14.4. The number of aliphatic carboxylic acids is 1. The van der Waals surface area contributed by atoms with Crippen molar-refractivity contribution in [2.45, 2.75) is 142 Å². The number of nitrogens with one attached hydrogen (secondary N) is 2. The first-order valence-electron chi connectivity index (χ1n) is 22.6. The number of benzene rings is 1. The van der Waals surface area contributed by atoms with Gasteiger partial charge in [-0.15, -0.1) is 0 Å². The molecule has 1 saturated heterocycles. The van der Waals surface area contributed by atoms with E-state index >= 15 is 0 Å². The zero-order chi connectivity index (χ0) is 47.8. The minimum absolute atomic E-state index is 0.0838. The quantitative estimate of drug-likeness (QED) is 0.0908. The monoisotopic (exact) mass is 897 g/mol. The number of carbonyl (C=O) groups is 8. The van der Waals surface area contributed by atoms with E-state index in [0.29, 0.717) is 38.5 Å². The van der Waals surface area contributed by atoms with E-state index in [9.17, 15) is 43.5 Å². The highest BCUT2D eigenvalue weighted by atomic mass is 16.5. The predicted octanol–water partition coefficient (Wildman–Crippen LogP) is 3.19. The zero-order valence-electron chi connectivity index (χ0n) is 39.4. The van der Waals surface area contributed by atoms with Crippen molar-refractivity contribution in [2.75, 3.05) is 41.4 Å². The second-order valence-electron chi connectivity index (χ2n) is 17.6. The molecule has 64 heavy (non-hydrogen) atoms. The van der Waals surface area contributed by atoms with Crippen LogP contribution in [-0.4, -0.2) is 156 Å². The molecule has 2 unspecified atom stereocenters. The molecule has 0 aromatic heterocycles. The van der Waals surface area contributed by atoms with Crippen molar-refractivity contribution in [3.05, 3.63) is 48.0 Å². The molecular formula is C47H72N6O11. The number of amides is 7. The Morgan fingerprint density at radius 1 is 0.859 bits per heavy atom. The molecule has 1 fully saturated rings. The van der Waals surface area contributed by atoms with Crippen LogP contribution in [0.25, 0.3) is 0 Å². The highest BCUT2D eigenvalue weighted by Crippen LogP contribution is 2.33. The SMILES string of the molecule is CC[C@H](C)C([C@@H](CC(=O)N1[C@@H](C)CC[C@H]1C(OC)[C@@H](C)C(=O)N[C@@H](Cc1ccccc1)C(=O)O)OC)N(C)C(=O)CNC(=O)[C@H](C(C)C)N(C)C(=O)CCCCCN1C(=O)C=CC1=O. The number of unbranched alkanes of at least 4 members (excludes halogenated alkanes) is 2. The lowest BCUT2D eigenvalue weighted by Gasteiger charge is -2.40. The normalized spacial score (nSPS) is 19.4. The highest BCUT2D eigenvalue weighted by molar-refractivity contribution is 6.12. The Morgan fingerprint density at radius 2 is 1.50 bits per heavy atom. The number of likely N-dealkylation sites (N-methyl/N-ethyl adjacent to an activating group) is 2. The van der Waals surface area contributed by atoms with Crippen LogP contribution in [0.1, 0.15) is 98.5 Å². The summed E-state index contributed by atoms with van der Waals surface area (Å²) in [5.41, 5.74) is 0.762. The number of ether oxygens (including phenoxy) is 2. The third kappa shape index (κ3) is 14.2. The zero-order valence-corrected chi connectivity index (χ0v) is 39.4. The van der Waals surface area contributed by atoms with Crippen LogP contribution in [0.3, 0.4) is 0 Å². The van der Waals surface area contributed by atoms with Gasteiger partial charge in [0.05, 0.1) is 43.2 Å². The topological polar surface area (TPSA) is 212 Å². The van der Waals surface area contributed by atoms with Crippen LogP contribution in [0.4, 0.5) is 0 Å². The number of carbonyl (C=O) groups excluding carboxylic acids is 7. The van der Waals surface area contributed by atoms with Gasteiger partial charge < -0.3 is 39.9 Å². The van der Waals surface area contributed by atoms with E-state index in [1.54, 1.807) is 50.2 Å². The van der Waals surface area contributed by atoms with E-state index in [-0.39, 0.29) is 73.9 Å². The molecule has 2 aliphatic heterocycles. The Hall–Kier alpha value is -5.16. The molecule has 3 rings (SSSR count). The van der Waals surface area contributed by atoms with Gasteiger partial charge in [-0.3, -0.25) is 38.5 Å². The van der Waals surface area contributed by atoms with E-state index in [1.165, 1.54) is 36.2 Å². The summed E-state index contributed by atoms with van der Waals surface area (Å²) in [5.74, 6) is -4.93. The lowest BCUT2D eigenvalue weighted by molar-refractivity contribution is -0.148. The minimum atomic E-state index is -1.16. The summed E-state index contributed by atoms with van der Waals surface area (Å²) in [4.78, 5) is 110. The molecule has 9 atom stereocenters. The number of carboxylic acid groups (broad SMARTS) is 1. The van der Waals surface area contributed by atoms with Crippen LogP contribution < -0.4 is 10.6 Å². The van der Waals surface area contributed by atoms with E-state index in [2.05, 4.69) is 10.6 Å². The summed E-state index contributed by atoms with van der Waals surface area (Å²) in [5, 5.41) is 15.3. The fourth-order valence-corrected chi connectivity index (χ4v) is 9.02. The van der Waals surface area contributed by atoms with Crippen LogP contribution in [0, 0.1) is 17.8 Å². The molecule has 3 N–H and O–H groups in total. The molecule has 0 spiro atoms. The van der Waals surface area contributed by atoms with Crippen molar-refractivity contribution in [1.82, 2.24) is 30.2 Å². The lowest BCUT2D eigenvalue weighted by atomic mass is 9.90. The Kier molecular flexibility index (Phi) is 21.1. The Bertz CT molecular complexity index is 1790. The summed E-state index contributed by atoms with van der Waals surface area (Å²) in [6, 6.07) is 5.76. The van der Waals surface area contributed by atoms with Crippen LogP contribution in [-0.2, 0) is 54.3 Å². The van der Waals surface area contributed by atoms with E-state index < -0.39 is 66.0 Å². The molecule has 17 nitrogen and oxygen atoms in total. The molecule has 2 heterocycles. The number of imide groups is 1. The van der Waals surface area contributed by atoms with E-state index in [1.807, 2.05) is 40.7 Å². The van der Waals surface area contributed by atoms with Gasteiger partial charge >= 0.3 is 5.97 Å². The molecule has 2 aliphatic rings. The fourth-order valence-electron chi connectivity index (χ4n) is 9.02. The third-order valence-electron chi connectivity index (χ3n) is 12.9. The first-order chi connectivity index (χ1) is 30.3. The van der Waals surface area contributed by atoms with Gasteiger partial charge in [-0.05, 0) is 50.0 Å². The summed E-state index contributed by atoms with van der Waals surface area (Å²) in [7, 11) is 6.14. The number of carboxylic acids is 1. The molecule has 1 aromatic rings. The minimum Gasteiger partial charge on any atom is -0.480 e. The molecule has 0 aliphatic carbocycles. The molecule has 0 radical (unpaired) electrons. The summed E-state index contributed by atoms with van der Waals surface area (Å²) < 4.78 is 11.9. The maximum Gasteiger partial charge on any atom is 0.326 e. The largest absolute Gasteiger partial charge is 0.480 e. The number of hydrogen-bond acceptors (Lipinski definition) is 10. The molecule has 0 bridgehead atoms.